The van der Waals surface area contributed by atoms with Gasteiger partial charge in [0.05, 0.1) is 11.7 Å². The molecule has 1 aromatic rings. The standard InChI is InChI=1S/C19H29NO/c1-3-8-17(9-4-1)10-7-15-20-16-18-11-14-19(21-18)12-5-2-6-13-19/h1,3-4,8-9,18,20H,2,5-7,10-16H2. The van der Waals surface area contributed by atoms with Gasteiger partial charge in [0.25, 0.3) is 0 Å². The van der Waals surface area contributed by atoms with E-state index in [0.29, 0.717) is 6.10 Å². The van der Waals surface area contributed by atoms with Crippen LogP contribution in [0.4, 0.5) is 0 Å². The van der Waals surface area contributed by atoms with Crippen molar-refractivity contribution in [3.8, 4) is 0 Å². The Morgan fingerprint density at radius 1 is 1.05 bits per heavy atom. The molecule has 1 aliphatic heterocycles. The first kappa shape index (κ1) is 15.1. The highest BCUT2D eigenvalue weighted by molar-refractivity contribution is 5.14. The number of aryl methyl sites for hydroxylation is 1. The van der Waals surface area contributed by atoms with Crippen molar-refractivity contribution in [3.63, 3.8) is 0 Å². The molecule has 1 heterocycles. The van der Waals surface area contributed by atoms with Crippen LogP contribution < -0.4 is 5.32 Å². The lowest BCUT2D eigenvalue weighted by molar-refractivity contribution is -0.0622. The fourth-order valence-electron chi connectivity index (χ4n) is 3.93. The highest BCUT2D eigenvalue weighted by atomic mass is 16.5. The monoisotopic (exact) mass is 287 g/mol. The maximum Gasteiger partial charge on any atom is 0.0708 e. The first-order valence-corrected chi connectivity index (χ1v) is 8.79. The molecule has 21 heavy (non-hydrogen) atoms. The summed E-state index contributed by atoms with van der Waals surface area (Å²) in [7, 11) is 0. The van der Waals surface area contributed by atoms with Crippen molar-refractivity contribution in [1.29, 1.82) is 0 Å². The summed E-state index contributed by atoms with van der Waals surface area (Å²) in [4.78, 5) is 0. The third-order valence-corrected chi connectivity index (χ3v) is 5.14. The van der Waals surface area contributed by atoms with E-state index in [1.54, 1.807) is 0 Å². The number of ether oxygens (including phenoxy) is 1. The van der Waals surface area contributed by atoms with Crippen LogP contribution in [0, 0.1) is 0 Å². The zero-order chi connectivity index (χ0) is 14.4. The Morgan fingerprint density at radius 3 is 2.67 bits per heavy atom. The van der Waals surface area contributed by atoms with Gasteiger partial charge in [-0.2, -0.15) is 0 Å². The van der Waals surface area contributed by atoms with Crippen LogP contribution in [0.3, 0.4) is 0 Å². The summed E-state index contributed by atoms with van der Waals surface area (Å²) in [5, 5.41) is 3.59. The van der Waals surface area contributed by atoms with E-state index in [2.05, 4.69) is 35.6 Å². The van der Waals surface area contributed by atoms with Crippen LogP contribution in [0.2, 0.25) is 0 Å². The maximum absolute atomic E-state index is 6.39. The molecule has 0 bridgehead atoms. The number of hydrogen-bond acceptors (Lipinski definition) is 2. The van der Waals surface area contributed by atoms with Crippen molar-refractivity contribution in [2.45, 2.75) is 69.5 Å². The van der Waals surface area contributed by atoms with Gasteiger partial charge >= 0.3 is 0 Å². The van der Waals surface area contributed by atoms with Crippen molar-refractivity contribution in [2.75, 3.05) is 13.1 Å². The molecule has 2 nitrogen and oxygen atoms in total. The van der Waals surface area contributed by atoms with Crippen LogP contribution in [0.1, 0.15) is 56.9 Å². The minimum atomic E-state index is 0.272. The second-order valence-corrected chi connectivity index (χ2v) is 6.82. The van der Waals surface area contributed by atoms with E-state index in [4.69, 9.17) is 4.74 Å². The molecule has 1 saturated carbocycles. The van der Waals surface area contributed by atoms with Crippen LogP contribution in [-0.2, 0) is 11.2 Å². The highest BCUT2D eigenvalue weighted by Gasteiger charge is 2.40. The first-order valence-electron chi connectivity index (χ1n) is 8.79. The Morgan fingerprint density at radius 2 is 1.86 bits per heavy atom. The molecule has 2 fully saturated rings. The van der Waals surface area contributed by atoms with Crippen LogP contribution in [-0.4, -0.2) is 24.8 Å². The third-order valence-electron chi connectivity index (χ3n) is 5.14. The molecule has 3 rings (SSSR count). The van der Waals surface area contributed by atoms with Crippen LogP contribution in [0.25, 0.3) is 0 Å². The summed E-state index contributed by atoms with van der Waals surface area (Å²) in [6, 6.07) is 10.8. The van der Waals surface area contributed by atoms with Gasteiger partial charge in [-0.05, 0) is 50.6 Å². The molecule has 1 aliphatic carbocycles. The summed E-state index contributed by atoms with van der Waals surface area (Å²) in [5.74, 6) is 0. The molecule has 116 valence electrons. The lowest BCUT2D eigenvalue weighted by atomic mass is 9.83. The number of benzene rings is 1. The molecular weight excluding hydrogens is 258 g/mol. The fraction of sp³-hybridized carbons (Fsp3) is 0.684. The van der Waals surface area contributed by atoms with Crippen molar-refractivity contribution >= 4 is 0 Å². The van der Waals surface area contributed by atoms with E-state index >= 15 is 0 Å². The molecule has 0 amide bonds. The number of hydrogen-bond donors (Lipinski definition) is 1. The predicted molar refractivity (Wildman–Crippen MR) is 87.6 cm³/mol. The summed E-state index contributed by atoms with van der Waals surface area (Å²) >= 11 is 0. The Hall–Kier alpha value is -0.860. The SMILES string of the molecule is c1ccc(CCCNCC2CCC3(CCCCC3)O2)cc1. The Bertz CT molecular complexity index is 411. The number of nitrogens with one attached hydrogen (secondary N) is 1. The largest absolute Gasteiger partial charge is 0.370 e. The van der Waals surface area contributed by atoms with Gasteiger partial charge in [0.15, 0.2) is 0 Å². The van der Waals surface area contributed by atoms with Crippen molar-refractivity contribution in [1.82, 2.24) is 5.32 Å². The van der Waals surface area contributed by atoms with Gasteiger partial charge in [0, 0.05) is 6.54 Å². The van der Waals surface area contributed by atoms with Gasteiger partial charge in [-0.3, -0.25) is 0 Å². The summed E-state index contributed by atoms with van der Waals surface area (Å²) in [6.45, 7) is 2.14. The topological polar surface area (TPSA) is 21.3 Å². The molecule has 1 aromatic carbocycles. The molecule has 1 atom stereocenters. The fourth-order valence-corrected chi connectivity index (χ4v) is 3.93. The minimum absolute atomic E-state index is 0.272. The lowest BCUT2D eigenvalue weighted by Gasteiger charge is -2.33. The average molecular weight is 287 g/mol. The lowest BCUT2D eigenvalue weighted by Crippen LogP contribution is -2.34. The highest BCUT2D eigenvalue weighted by Crippen LogP contribution is 2.41. The van der Waals surface area contributed by atoms with Crippen LogP contribution in [0.5, 0.6) is 0 Å². The van der Waals surface area contributed by atoms with Gasteiger partial charge < -0.3 is 10.1 Å². The molecule has 1 unspecified atom stereocenters. The molecule has 1 N–H and O–H groups in total. The van der Waals surface area contributed by atoms with Gasteiger partial charge in [0.2, 0.25) is 0 Å². The Kier molecular flexibility index (Phi) is 5.32. The second kappa shape index (κ2) is 7.42. The Balaban J connectivity index is 1.30. The van der Waals surface area contributed by atoms with Gasteiger partial charge in [-0.25, -0.2) is 0 Å². The van der Waals surface area contributed by atoms with Crippen molar-refractivity contribution in [3.05, 3.63) is 35.9 Å². The van der Waals surface area contributed by atoms with E-state index in [0.717, 1.165) is 13.1 Å². The second-order valence-electron chi connectivity index (χ2n) is 6.82. The van der Waals surface area contributed by atoms with E-state index in [1.807, 2.05) is 0 Å². The summed E-state index contributed by atoms with van der Waals surface area (Å²) in [6.07, 6.45) is 12.1. The molecule has 0 aromatic heterocycles. The molecule has 2 aliphatic rings. The van der Waals surface area contributed by atoms with Crippen molar-refractivity contribution < 1.29 is 4.74 Å². The maximum atomic E-state index is 6.39. The molecule has 1 spiro atoms. The van der Waals surface area contributed by atoms with E-state index in [-0.39, 0.29) is 5.60 Å². The first-order chi connectivity index (χ1) is 10.4. The van der Waals surface area contributed by atoms with Gasteiger partial charge in [0.1, 0.15) is 0 Å². The zero-order valence-electron chi connectivity index (χ0n) is 13.2. The summed E-state index contributed by atoms with van der Waals surface area (Å²) < 4.78 is 6.39. The molecule has 0 radical (unpaired) electrons. The average Bonchev–Trinajstić information content (AvgIpc) is 2.91. The minimum Gasteiger partial charge on any atom is -0.370 e. The van der Waals surface area contributed by atoms with Crippen LogP contribution >= 0.6 is 0 Å². The smallest absolute Gasteiger partial charge is 0.0708 e. The molecular formula is C19H29NO. The quantitative estimate of drug-likeness (QED) is 0.796. The normalized spacial score (nSPS) is 24.5. The van der Waals surface area contributed by atoms with Gasteiger partial charge in [-0.15, -0.1) is 0 Å². The van der Waals surface area contributed by atoms with Gasteiger partial charge in [-0.1, -0.05) is 49.6 Å². The van der Waals surface area contributed by atoms with E-state index in [9.17, 15) is 0 Å². The molecule has 2 heteroatoms. The van der Waals surface area contributed by atoms with E-state index in [1.165, 1.54) is 63.4 Å². The summed E-state index contributed by atoms with van der Waals surface area (Å²) in [5.41, 5.74) is 1.71. The third kappa shape index (κ3) is 4.31. The molecule has 1 saturated heterocycles. The predicted octanol–water partition coefficient (Wildman–Crippen LogP) is 4.09. The van der Waals surface area contributed by atoms with E-state index < -0.39 is 0 Å². The zero-order valence-corrected chi connectivity index (χ0v) is 13.2. The Labute approximate surface area is 129 Å². The van der Waals surface area contributed by atoms with Crippen molar-refractivity contribution in [2.24, 2.45) is 0 Å². The number of rotatable bonds is 6. The van der Waals surface area contributed by atoms with Crippen LogP contribution in [0.15, 0.2) is 30.3 Å².